The highest BCUT2D eigenvalue weighted by Crippen LogP contribution is 2.38. The van der Waals surface area contributed by atoms with E-state index in [1.54, 1.807) is 12.1 Å². The van der Waals surface area contributed by atoms with Gasteiger partial charge >= 0.3 is 0 Å². The fraction of sp³-hybridized carbons (Fsp3) is 0.600. The molecular formula is C25H37F2N7. The molecule has 0 saturated carbocycles. The molecule has 3 heterocycles. The number of piperidine rings is 1. The molecule has 2 fully saturated rings. The zero-order valence-electron chi connectivity index (χ0n) is 21.1. The molecule has 2 aromatic rings. The van der Waals surface area contributed by atoms with Crippen LogP contribution in [0.2, 0.25) is 0 Å². The molecule has 34 heavy (non-hydrogen) atoms. The number of halogens is 2. The van der Waals surface area contributed by atoms with Crippen LogP contribution in [-0.2, 0) is 0 Å². The predicted octanol–water partition coefficient (Wildman–Crippen LogP) is 4.31. The van der Waals surface area contributed by atoms with Gasteiger partial charge in [0.05, 0.1) is 11.9 Å². The van der Waals surface area contributed by atoms with Gasteiger partial charge in [0.25, 0.3) is 0 Å². The van der Waals surface area contributed by atoms with Crippen molar-refractivity contribution >= 4 is 23.1 Å². The van der Waals surface area contributed by atoms with Crippen LogP contribution in [0.15, 0.2) is 24.4 Å². The Kier molecular flexibility index (Phi) is 6.70. The summed E-state index contributed by atoms with van der Waals surface area (Å²) in [6.45, 7) is 12.2. The van der Waals surface area contributed by atoms with Crippen LogP contribution in [0.4, 0.5) is 31.9 Å². The monoisotopic (exact) mass is 473 g/mol. The molecule has 1 aromatic carbocycles. The summed E-state index contributed by atoms with van der Waals surface area (Å²) in [7, 11) is 4.21. The Morgan fingerprint density at radius 3 is 2.21 bits per heavy atom. The second-order valence-electron chi connectivity index (χ2n) is 10.9. The van der Waals surface area contributed by atoms with E-state index in [9.17, 15) is 8.78 Å². The average Bonchev–Trinajstić information content (AvgIpc) is 2.75. The van der Waals surface area contributed by atoms with Crippen molar-refractivity contribution in [2.45, 2.75) is 57.7 Å². The molecule has 0 spiro atoms. The van der Waals surface area contributed by atoms with Crippen molar-refractivity contribution in [3.8, 4) is 0 Å². The van der Waals surface area contributed by atoms with Crippen molar-refractivity contribution in [2.75, 3.05) is 55.8 Å². The molecule has 0 radical (unpaired) electrons. The summed E-state index contributed by atoms with van der Waals surface area (Å²) in [5.41, 5.74) is 1.04. The Labute approximate surface area is 201 Å². The van der Waals surface area contributed by atoms with Gasteiger partial charge in [-0.05, 0) is 72.8 Å². The maximum absolute atomic E-state index is 14.9. The Morgan fingerprint density at radius 1 is 0.941 bits per heavy atom. The van der Waals surface area contributed by atoms with Crippen molar-refractivity contribution in [2.24, 2.45) is 0 Å². The molecule has 7 nitrogen and oxygen atoms in total. The van der Waals surface area contributed by atoms with Crippen LogP contribution in [0.1, 0.15) is 40.5 Å². The Balaban J connectivity index is 1.47. The lowest BCUT2D eigenvalue weighted by atomic mass is 9.77. The molecule has 0 atom stereocenters. The van der Waals surface area contributed by atoms with Crippen molar-refractivity contribution < 1.29 is 8.78 Å². The van der Waals surface area contributed by atoms with E-state index in [2.05, 4.69) is 77.1 Å². The third kappa shape index (κ3) is 5.25. The van der Waals surface area contributed by atoms with Gasteiger partial charge in [0.2, 0.25) is 5.95 Å². The fourth-order valence-electron chi connectivity index (χ4n) is 5.21. The smallest absolute Gasteiger partial charge is 0.229 e. The number of likely N-dealkylation sites (N-methyl/N-ethyl adjacent to an activating group) is 1. The highest BCUT2D eigenvalue weighted by Gasteiger charge is 2.43. The van der Waals surface area contributed by atoms with Crippen molar-refractivity contribution in [3.63, 3.8) is 0 Å². The Hall–Kier alpha value is -2.52. The van der Waals surface area contributed by atoms with Crippen LogP contribution in [0.5, 0.6) is 0 Å². The summed E-state index contributed by atoms with van der Waals surface area (Å²) < 4.78 is 29.4. The zero-order chi connectivity index (χ0) is 24.7. The van der Waals surface area contributed by atoms with Crippen LogP contribution in [0.3, 0.4) is 0 Å². The first-order valence-electron chi connectivity index (χ1n) is 12.0. The SMILES string of the molecule is CN1CCN(c2ccc(Nc3ncc(F)c(NC4CC(C)(C)N(C)C(C)(C)C4)n3)cc2F)CC1. The normalized spacial score (nSPS) is 21.5. The van der Waals surface area contributed by atoms with Gasteiger partial charge in [-0.25, -0.2) is 13.8 Å². The molecular weight excluding hydrogens is 436 g/mol. The van der Waals surface area contributed by atoms with E-state index in [1.807, 2.05) is 0 Å². The van der Waals surface area contributed by atoms with E-state index in [1.165, 1.54) is 6.07 Å². The molecule has 0 amide bonds. The lowest BCUT2D eigenvalue weighted by molar-refractivity contribution is -0.00778. The number of rotatable bonds is 5. The van der Waals surface area contributed by atoms with E-state index >= 15 is 0 Å². The number of nitrogens with zero attached hydrogens (tertiary/aromatic N) is 5. The van der Waals surface area contributed by atoms with Crippen LogP contribution in [0, 0.1) is 11.6 Å². The number of aromatic nitrogens is 2. The van der Waals surface area contributed by atoms with Crippen LogP contribution in [-0.4, -0.2) is 77.2 Å². The van der Waals surface area contributed by atoms with Gasteiger partial charge in [-0.15, -0.1) is 0 Å². The molecule has 9 heteroatoms. The Morgan fingerprint density at radius 2 is 1.59 bits per heavy atom. The summed E-state index contributed by atoms with van der Waals surface area (Å²) in [6, 6.07) is 5.08. The number of piperazine rings is 1. The zero-order valence-corrected chi connectivity index (χ0v) is 21.1. The van der Waals surface area contributed by atoms with Gasteiger partial charge in [0.15, 0.2) is 11.6 Å². The third-order valence-corrected chi connectivity index (χ3v) is 7.44. The van der Waals surface area contributed by atoms with Gasteiger partial charge in [0.1, 0.15) is 5.82 Å². The van der Waals surface area contributed by atoms with Crippen LogP contribution < -0.4 is 15.5 Å². The number of hydrogen-bond acceptors (Lipinski definition) is 7. The Bertz CT molecular complexity index is 1000. The van der Waals surface area contributed by atoms with E-state index in [0.29, 0.717) is 11.4 Å². The number of nitrogens with one attached hydrogen (secondary N) is 2. The van der Waals surface area contributed by atoms with Gasteiger partial charge in [-0.3, -0.25) is 4.90 Å². The maximum atomic E-state index is 14.9. The quantitative estimate of drug-likeness (QED) is 0.671. The van der Waals surface area contributed by atoms with Gasteiger partial charge < -0.3 is 20.4 Å². The number of anilines is 4. The maximum Gasteiger partial charge on any atom is 0.229 e. The van der Waals surface area contributed by atoms with E-state index < -0.39 is 5.82 Å². The third-order valence-electron chi connectivity index (χ3n) is 7.44. The van der Waals surface area contributed by atoms with Crippen molar-refractivity contribution in [1.29, 1.82) is 0 Å². The van der Waals surface area contributed by atoms with Crippen molar-refractivity contribution in [3.05, 3.63) is 36.0 Å². The minimum absolute atomic E-state index is 0.0347. The summed E-state index contributed by atoms with van der Waals surface area (Å²) in [6.07, 6.45) is 2.87. The van der Waals surface area contributed by atoms with Gasteiger partial charge in [0, 0.05) is 49.0 Å². The van der Waals surface area contributed by atoms with Gasteiger partial charge in [-0.2, -0.15) is 4.98 Å². The van der Waals surface area contributed by atoms with E-state index in [-0.39, 0.29) is 34.7 Å². The molecule has 2 aliphatic heterocycles. The molecule has 1 aromatic heterocycles. The molecule has 0 aliphatic carbocycles. The number of likely N-dealkylation sites (tertiary alicyclic amines) is 1. The lowest BCUT2D eigenvalue weighted by Crippen LogP contribution is -2.61. The first-order chi connectivity index (χ1) is 15.9. The summed E-state index contributed by atoms with van der Waals surface area (Å²) in [5, 5.41) is 6.32. The fourth-order valence-corrected chi connectivity index (χ4v) is 5.21. The first-order valence-corrected chi connectivity index (χ1v) is 12.0. The molecule has 0 unspecified atom stereocenters. The second-order valence-corrected chi connectivity index (χ2v) is 10.9. The topological polar surface area (TPSA) is 59.6 Å². The van der Waals surface area contributed by atoms with Crippen molar-refractivity contribution in [1.82, 2.24) is 19.8 Å². The lowest BCUT2D eigenvalue weighted by Gasteiger charge is -2.53. The second kappa shape index (κ2) is 9.26. The standard InChI is InChI=1S/C25H37F2N7/c1-24(2)14-18(15-25(3,4)33(24)6)29-22-20(27)16-28-23(31-22)30-17-7-8-21(19(26)13-17)34-11-9-32(5)10-12-34/h7-8,13,16,18H,9-12,14-15H2,1-6H3,(H2,28,29,30,31). The van der Waals surface area contributed by atoms with Gasteiger partial charge in [-0.1, -0.05) is 0 Å². The van der Waals surface area contributed by atoms with E-state index in [0.717, 1.165) is 45.2 Å². The van der Waals surface area contributed by atoms with E-state index in [4.69, 9.17) is 0 Å². The number of benzene rings is 1. The molecule has 186 valence electrons. The molecule has 0 bridgehead atoms. The van der Waals surface area contributed by atoms with Crippen LogP contribution >= 0.6 is 0 Å². The summed E-state index contributed by atoms with van der Waals surface area (Å²) in [5.74, 6) is -0.419. The minimum Gasteiger partial charge on any atom is -0.367 e. The summed E-state index contributed by atoms with van der Waals surface area (Å²) in [4.78, 5) is 15.1. The highest BCUT2D eigenvalue weighted by atomic mass is 19.1. The summed E-state index contributed by atoms with van der Waals surface area (Å²) >= 11 is 0. The molecule has 2 N–H and O–H groups in total. The molecule has 2 aliphatic rings. The average molecular weight is 474 g/mol. The minimum atomic E-state index is -0.503. The largest absolute Gasteiger partial charge is 0.367 e. The predicted molar refractivity (Wildman–Crippen MR) is 134 cm³/mol. The highest BCUT2D eigenvalue weighted by molar-refractivity contribution is 5.61. The number of hydrogen-bond donors (Lipinski definition) is 2. The van der Waals surface area contributed by atoms with Crippen LogP contribution in [0.25, 0.3) is 0 Å². The first kappa shape index (κ1) is 24.6. The molecule has 4 rings (SSSR count). The molecule has 2 saturated heterocycles.